The SMILES string of the molecule is CC(O)(c1ccc(N2CCN(Sc3cccs3)CC2)cc1)C(F)(F)F.CCC1COCCN1C. The second-order valence-electron chi connectivity index (χ2n) is 8.67. The molecular formula is C24H34F3N3O2S2. The van der Waals surface area contributed by atoms with E-state index in [1.165, 1.54) is 22.8 Å². The van der Waals surface area contributed by atoms with E-state index in [4.69, 9.17) is 4.74 Å². The van der Waals surface area contributed by atoms with Crippen molar-refractivity contribution in [2.24, 2.45) is 0 Å². The van der Waals surface area contributed by atoms with Crippen LogP contribution in [0.25, 0.3) is 0 Å². The lowest BCUT2D eigenvalue weighted by Crippen LogP contribution is -2.43. The molecule has 0 spiro atoms. The molecule has 1 N–H and O–H groups in total. The van der Waals surface area contributed by atoms with Crippen LogP contribution >= 0.6 is 23.3 Å². The van der Waals surface area contributed by atoms with E-state index in [9.17, 15) is 18.3 Å². The van der Waals surface area contributed by atoms with Gasteiger partial charge in [0.25, 0.3) is 0 Å². The first-order valence-corrected chi connectivity index (χ1v) is 13.2. The van der Waals surface area contributed by atoms with E-state index in [0.717, 1.165) is 58.5 Å². The Morgan fingerprint density at radius 1 is 1.09 bits per heavy atom. The van der Waals surface area contributed by atoms with Crippen molar-refractivity contribution in [2.75, 3.05) is 57.9 Å². The number of aliphatic hydroxyl groups is 1. The number of likely N-dealkylation sites (N-methyl/N-ethyl adjacent to an activating group) is 1. The van der Waals surface area contributed by atoms with Crippen LogP contribution in [-0.2, 0) is 10.3 Å². The molecule has 0 bridgehead atoms. The number of rotatable bonds is 5. The summed E-state index contributed by atoms with van der Waals surface area (Å²) in [5.74, 6) is 0. The summed E-state index contributed by atoms with van der Waals surface area (Å²) in [6.07, 6.45) is -3.49. The maximum atomic E-state index is 12.9. The molecule has 0 radical (unpaired) electrons. The molecule has 34 heavy (non-hydrogen) atoms. The fourth-order valence-electron chi connectivity index (χ4n) is 3.81. The Labute approximate surface area is 208 Å². The molecule has 1 aromatic heterocycles. The zero-order chi connectivity index (χ0) is 24.8. The highest BCUT2D eigenvalue weighted by Crippen LogP contribution is 2.39. The van der Waals surface area contributed by atoms with Crippen molar-refractivity contribution in [3.05, 3.63) is 47.3 Å². The number of halogens is 3. The minimum absolute atomic E-state index is 0.143. The molecule has 2 atom stereocenters. The molecule has 5 nitrogen and oxygen atoms in total. The van der Waals surface area contributed by atoms with Gasteiger partial charge in [-0.1, -0.05) is 25.1 Å². The summed E-state index contributed by atoms with van der Waals surface area (Å²) in [5, 5.41) is 11.8. The Kier molecular flexibility index (Phi) is 9.71. The minimum Gasteiger partial charge on any atom is -0.378 e. The highest BCUT2D eigenvalue weighted by molar-refractivity contribution is 7.98. The molecule has 2 aliphatic heterocycles. The monoisotopic (exact) mass is 517 g/mol. The molecule has 3 heterocycles. The predicted octanol–water partition coefficient (Wildman–Crippen LogP) is 5.07. The molecule has 2 aliphatic rings. The average Bonchev–Trinajstić information content (AvgIpc) is 3.33. The van der Waals surface area contributed by atoms with Crippen molar-refractivity contribution in [1.82, 2.24) is 9.21 Å². The fraction of sp³-hybridized carbons (Fsp3) is 0.583. The first-order valence-electron chi connectivity index (χ1n) is 11.5. The van der Waals surface area contributed by atoms with Gasteiger partial charge in [-0.2, -0.15) is 13.2 Å². The topological polar surface area (TPSA) is 39.2 Å². The lowest BCUT2D eigenvalue weighted by molar-refractivity contribution is -0.258. The molecule has 0 saturated carbocycles. The van der Waals surface area contributed by atoms with Gasteiger partial charge in [-0.05, 0) is 61.5 Å². The molecule has 2 unspecified atom stereocenters. The van der Waals surface area contributed by atoms with Gasteiger partial charge >= 0.3 is 6.18 Å². The second kappa shape index (κ2) is 12.1. The lowest BCUT2D eigenvalue weighted by atomic mass is 9.95. The Morgan fingerprint density at radius 2 is 1.76 bits per heavy atom. The highest BCUT2D eigenvalue weighted by Gasteiger charge is 2.51. The van der Waals surface area contributed by atoms with Crippen LogP contribution < -0.4 is 4.90 Å². The first kappa shape index (κ1) is 27.3. The number of hydrogen-bond donors (Lipinski definition) is 1. The van der Waals surface area contributed by atoms with Gasteiger partial charge in [0.2, 0.25) is 0 Å². The lowest BCUT2D eigenvalue weighted by Gasteiger charge is -2.35. The first-order chi connectivity index (χ1) is 16.1. The van der Waals surface area contributed by atoms with Gasteiger partial charge < -0.3 is 14.7 Å². The van der Waals surface area contributed by atoms with E-state index < -0.39 is 11.8 Å². The van der Waals surface area contributed by atoms with E-state index in [0.29, 0.717) is 6.04 Å². The van der Waals surface area contributed by atoms with Crippen LogP contribution in [0.4, 0.5) is 18.9 Å². The predicted molar refractivity (Wildman–Crippen MR) is 134 cm³/mol. The third-order valence-corrected chi connectivity index (χ3v) is 8.41. The van der Waals surface area contributed by atoms with Crippen molar-refractivity contribution in [3.8, 4) is 0 Å². The van der Waals surface area contributed by atoms with Crippen LogP contribution in [0.2, 0.25) is 0 Å². The van der Waals surface area contributed by atoms with E-state index in [1.54, 1.807) is 35.4 Å². The summed E-state index contributed by atoms with van der Waals surface area (Å²) in [4.78, 5) is 4.51. The summed E-state index contributed by atoms with van der Waals surface area (Å²) in [6.45, 7) is 9.30. The molecular weight excluding hydrogens is 483 g/mol. The smallest absolute Gasteiger partial charge is 0.378 e. The number of piperazine rings is 1. The maximum absolute atomic E-state index is 12.9. The molecule has 0 aliphatic carbocycles. The molecule has 0 amide bonds. The van der Waals surface area contributed by atoms with Gasteiger partial charge in [0, 0.05) is 44.5 Å². The molecule has 2 fully saturated rings. The Bertz CT molecular complexity index is 855. The van der Waals surface area contributed by atoms with Gasteiger partial charge in [0.05, 0.1) is 17.4 Å². The van der Waals surface area contributed by atoms with Crippen molar-refractivity contribution in [3.63, 3.8) is 0 Å². The molecule has 2 aromatic rings. The number of hydrogen-bond acceptors (Lipinski definition) is 7. The van der Waals surface area contributed by atoms with Gasteiger partial charge in [-0.3, -0.25) is 4.90 Å². The average molecular weight is 518 g/mol. The number of anilines is 1. The van der Waals surface area contributed by atoms with Crippen LogP contribution in [0, 0.1) is 0 Å². The Morgan fingerprint density at radius 3 is 2.26 bits per heavy atom. The maximum Gasteiger partial charge on any atom is 0.421 e. The third kappa shape index (κ3) is 7.11. The number of thiophene rings is 1. The van der Waals surface area contributed by atoms with E-state index in [2.05, 4.69) is 39.5 Å². The summed E-state index contributed by atoms with van der Waals surface area (Å²) < 4.78 is 47.6. The number of morpholine rings is 1. The Hall–Kier alpha value is -1.30. The zero-order valence-electron chi connectivity index (χ0n) is 19.9. The van der Waals surface area contributed by atoms with E-state index >= 15 is 0 Å². The second-order valence-corrected chi connectivity index (χ2v) is 11.0. The van der Waals surface area contributed by atoms with E-state index in [-0.39, 0.29) is 5.56 Å². The van der Waals surface area contributed by atoms with Crippen molar-refractivity contribution in [1.29, 1.82) is 0 Å². The van der Waals surface area contributed by atoms with Crippen LogP contribution in [0.1, 0.15) is 25.8 Å². The number of nitrogens with zero attached hydrogens (tertiary/aromatic N) is 3. The summed E-state index contributed by atoms with van der Waals surface area (Å²) in [5.41, 5.74) is -2.10. The van der Waals surface area contributed by atoms with Crippen LogP contribution in [0.15, 0.2) is 46.0 Å². The minimum atomic E-state index is -4.70. The number of benzene rings is 1. The van der Waals surface area contributed by atoms with Crippen LogP contribution in [0.3, 0.4) is 0 Å². The summed E-state index contributed by atoms with van der Waals surface area (Å²) in [6, 6.07) is 10.8. The van der Waals surface area contributed by atoms with Gasteiger partial charge in [0.1, 0.15) is 0 Å². The molecule has 10 heteroatoms. The van der Waals surface area contributed by atoms with Crippen LogP contribution in [-0.4, -0.2) is 79.5 Å². The largest absolute Gasteiger partial charge is 0.421 e. The molecule has 190 valence electrons. The Balaban J connectivity index is 0.000000302. The van der Waals surface area contributed by atoms with Gasteiger partial charge in [-0.25, -0.2) is 4.31 Å². The quantitative estimate of drug-likeness (QED) is 0.558. The van der Waals surface area contributed by atoms with E-state index in [1.807, 2.05) is 6.07 Å². The highest BCUT2D eigenvalue weighted by atomic mass is 32.2. The van der Waals surface area contributed by atoms with Crippen molar-refractivity contribution in [2.45, 2.75) is 42.3 Å². The normalized spacial score (nSPS) is 22.1. The van der Waals surface area contributed by atoms with Crippen molar-refractivity contribution < 1.29 is 23.0 Å². The fourth-order valence-corrected chi connectivity index (χ4v) is 5.65. The summed E-state index contributed by atoms with van der Waals surface area (Å²) in [7, 11) is 2.16. The number of alkyl halides is 3. The molecule has 2 saturated heterocycles. The molecule has 1 aromatic carbocycles. The van der Waals surface area contributed by atoms with Gasteiger partial charge in [0.15, 0.2) is 5.60 Å². The van der Waals surface area contributed by atoms with Gasteiger partial charge in [-0.15, -0.1) is 11.3 Å². The van der Waals surface area contributed by atoms with Crippen LogP contribution in [0.5, 0.6) is 0 Å². The number of ether oxygens (including phenoxy) is 1. The standard InChI is InChI=1S/C17H19F3N2OS2.C7H15NO/c1-16(23,17(18,19)20)13-4-6-14(7-5-13)21-8-10-22(11-9-21)25-15-3-2-12-24-15;1-3-7-6-9-5-4-8(7)2/h2-7,12,23H,8-11H2,1H3;7H,3-6H2,1-2H3. The van der Waals surface area contributed by atoms with Crippen molar-refractivity contribution >= 4 is 29.0 Å². The summed E-state index contributed by atoms with van der Waals surface area (Å²) >= 11 is 3.46. The molecule has 4 rings (SSSR count). The zero-order valence-corrected chi connectivity index (χ0v) is 21.6. The third-order valence-electron chi connectivity index (χ3n) is 6.29.